The Balaban J connectivity index is 0.00000208. The van der Waals surface area contributed by atoms with E-state index in [1.165, 1.54) is 19.3 Å². The minimum absolute atomic E-state index is 0. The molecule has 1 aromatic rings. The summed E-state index contributed by atoms with van der Waals surface area (Å²) in [5.41, 5.74) is 0. The van der Waals surface area contributed by atoms with E-state index in [1.54, 1.807) is 7.11 Å². The number of aliphatic imine (C=N–C) groups is 1. The number of rotatable bonds is 7. The molecule has 2 N–H and O–H groups in total. The van der Waals surface area contributed by atoms with Crippen molar-refractivity contribution in [2.45, 2.75) is 58.2 Å². The maximum atomic E-state index is 5.11. The van der Waals surface area contributed by atoms with E-state index in [0.717, 1.165) is 56.0 Å². The van der Waals surface area contributed by atoms with Gasteiger partial charge in [-0.25, -0.2) is 9.67 Å². The lowest BCUT2D eigenvalue weighted by Crippen LogP contribution is -2.47. The summed E-state index contributed by atoms with van der Waals surface area (Å²) in [7, 11) is 1.67. The van der Waals surface area contributed by atoms with Crippen LogP contribution in [0.3, 0.4) is 0 Å². The number of hydrogen-bond acceptors (Lipinski definition) is 4. The fourth-order valence-electron chi connectivity index (χ4n) is 2.95. The Bertz CT molecular complexity index is 543. The molecule has 1 saturated carbocycles. The zero-order valence-corrected chi connectivity index (χ0v) is 17.0. The summed E-state index contributed by atoms with van der Waals surface area (Å²) in [5, 5.41) is 11.4. The maximum Gasteiger partial charge on any atom is 0.191 e. The quantitative estimate of drug-likeness (QED) is 0.378. The van der Waals surface area contributed by atoms with Crippen LogP contribution in [0, 0.1) is 5.92 Å². The molecule has 1 aromatic heterocycles. The lowest BCUT2D eigenvalue weighted by Gasteiger charge is -2.25. The van der Waals surface area contributed by atoms with E-state index in [9.17, 15) is 0 Å². The third-order valence-electron chi connectivity index (χ3n) is 4.36. The SMILES string of the molecule is CCNC(=NCCC1CC1)NC1CCc2nc(COC)nn2C1.I. The predicted octanol–water partition coefficient (Wildman–Crippen LogP) is 1.71. The highest BCUT2D eigenvalue weighted by molar-refractivity contribution is 14.0. The molecule has 1 aliphatic carbocycles. The molecule has 7 nitrogen and oxygen atoms in total. The number of nitrogens with zero attached hydrogens (tertiary/aromatic N) is 4. The number of ether oxygens (including phenoxy) is 1. The molecule has 0 radical (unpaired) electrons. The number of methoxy groups -OCH3 is 1. The van der Waals surface area contributed by atoms with Crippen LogP contribution in [-0.2, 0) is 24.3 Å². The summed E-state index contributed by atoms with van der Waals surface area (Å²) in [5.74, 6) is 3.69. The van der Waals surface area contributed by atoms with Gasteiger partial charge in [0.15, 0.2) is 11.8 Å². The van der Waals surface area contributed by atoms with Crippen LogP contribution >= 0.6 is 24.0 Å². The second-order valence-electron chi connectivity index (χ2n) is 6.43. The molecular weight excluding hydrogens is 419 g/mol. The van der Waals surface area contributed by atoms with Crippen molar-refractivity contribution in [3.05, 3.63) is 11.6 Å². The molecule has 136 valence electrons. The molecule has 0 saturated heterocycles. The first-order valence-corrected chi connectivity index (χ1v) is 8.75. The van der Waals surface area contributed by atoms with E-state index in [-0.39, 0.29) is 24.0 Å². The van der Waals surface area contributed by atoms with E-state index < -0.39 is 0 Å². The number of halogens is 1. The fraction of sp³-hybridized carbons (Fsp3) is 0.812. The van der Waals surface area contributed by atoms with Gasteiger partial charge in [0.2, 0.25) is 0 Å². The van der Waals surface area contributed by atoms with Crippen molar-refractivity contribution in [3.8, 4) is 0 Å². The van der Waals surface area contributed by atoms with Gasteiger partial charge in [0.1, 0.15) is 12.4 Å². The molecule has 0 amide bonds. The van der Waals surface area contributed by atoms with Crippen molar-refractivity contribution in [2.24, 2.45) is 10.9 Å². The van der Waals surface area contributed by atoms with Gasteiger partial charge in [0.25, 0.3) is 0 Å². The van der Waals surface area contributed by atoms with Crippen LogP contribution in [0.2, 0.25) is 0 Å². The summed E-state index contributed by atoms with van der Waals surface area (Å²) in [6, 6.07) is 0.346. The highest BCUT2D eigenvalue weighted by atomic mass is 127. The highest BCUT2D eigenvalue weighted by Crippen LogP contribution is 2.32. The van der Waals surface area contributed by atoms with Crippen LogP contribution in [0.1, 0.15) is 44.3 Å². The summed E-state index contributed by atoms with van der Waals surface area (Å²) in [6.07, 6.45) is 5.99. The number of aromatic nitrogens is 3. The Morgan fingerprint density at radius 2 is 2.21 bits per heavy atom. The Hall–Kier alpha value is -0.900. The zero-order chi connectivity index (χ0) is 16.1. The van der Waals surface area contributed by atoms with Crippen molar-refractivity contribution >= 4 is 29.9 Å². The fourth-order valence-corrected chi connectivity index (χ4v) is 2.95. The molecule has 1 unspecified atom stereocenters. The van der Waals surface area contributed by atoms with Crippen LogP contribution in [0.15, 0.2) is 4.99 Å². The van der Waals surface area contributed by atoms with E-state index >= 15 is 0 Å². The van der Waals surface area contributed by atoms with Crippen LogP contribution in [0.25, 0.3) is 0 Å². The smallest absolute Gasteiger partial charge is 0.191 e. The Morgan fingerprint density at radius 3 is 2.92 bits per heavy atom. The number of nitrogens with one attached hydrogen (secondary N) is 2. The number of guanidine groups is 1. The van der Waals surface area contributed by atoms with E-state index in [4.69, 9.17) is 9.73 Å². The van der Waals surface area contributed by atoms with Gasteiger partial charge >= 0.3 is 0 Å². The molecule has 1 atom stereocenters. The molecule has 2 heterocycles. The molecule has 2 aliphatic rings. The highest BCUT2D eigenvalue weighted by Gasteiger charge is 2.23. The van der Waals surface area contributed by atoms with Crippen molar-refractivity contribution in [3.63, 3.8) is 0 Å². The summed E-state index contributed by atoms with van der Waals surface area (Å²) in [4.78, 5) is 9.23. The molecule has 0 spiro atoms. The van der Waals surface area contributed by atoms with E-state index in [1.807, 2.05) is 4.68 Å². The third kappa shape index (κ3) is 5.58. The first kappa shape index (κ1) is 19.4. The molecule has 8 heteroatoms. The molecule has 1 aliphatic heterocycles. The van der Waals surface area contributed by atoms with Gasteiger partial charge in [-0.05, 0) is 25.7 Å². The number of aryl methyl sites for hydroxylation is 1. The van der Waals surface area contributed by atoms with Crippen LogP contribution in [0.5, 0.6) is 0 Å². The molecule has 1 fully saturated rings. The molecule has 24 heavy (non-hydrogen) atoms. The average molecular weight is 448 g/mol. The van der Waals surface area contributed by atoms with Gasteiger partial charge in [-0.15, -0.1) is 24.0 Å². The standard InChI is InChI=1S/C16H28N6O.HI/c1-3-17-16(18-9-8-12-4-5-12)19-13-6-7-15-20-14(11-23-2)21-22(15)10-13;/h12-13H,3-11H2,1-2H3,(H2,17,18,19);1H. The van der Waals surface area contributed by atoms with Crippen LogP contribution < -0.4 is 10.6 Å². The minimum Gasteiger partial charge on any atom is -0.377 e. The maximum absolute atomic E-state index is 5.11. The monoisotopic (exact) mass is 448 g/mol. The number of fused-ring (bicyclic) bond motifs is 1. The van der Waals surface area contributed by atoms with Crippen LogP contribution in [-0.4, -0.2) is 47.0 Å². The largest absolute Gasteiger partial charge is 0.377 e. The summed E-state index contributed by atoms with van der Waals surface area (Å²) >= 11 is 0. The first-order valence-electron chi connectivity index (χ1n) is 8.75. The Labute approximate surface area is 161 Å². The molecule has 0 bridgehead atoms. The van der Waals surface area contributed by atoms with Gasteiger partial charge in [-0.1, -0.05) is 12.8 Å². The van der Waals surface area contributed by atoms with Gasteiger partial charge in [0.05, 0.1) is 6.54 Å². The van der Waals surface area contributed by atoms with Gasteiger partial charge in [-0.3, -0.25) is 4.99 Å². The van der Waals surface area contributed by atoms with Crippen molar-refractivity contribution in [2.75, 3.05) is 20.2 Å². The lowest BCUT2D eigenvalue weighted by molar-refractivity contribution is 0.177. The minimum atomic E-state index is 0. The average Bonchev–Trinajstić information content (AvgIpc) is 3.26. The van der Waals surface area contributed by atoms with Crippen molar-refractivity contribution in [1.82, 2.24) is 25.4 Å². The molecule has 3 rings (SSSR count). The van der Waals surface area contributed by atoms with Gasteiger partial charge in [0, 0.05) is 32.7 Å². The Kier molecular flexibility index (Phi) is 7.73. The summed E-state index contributed by atoms with van der Waals surface area (Å²) in [6.45, 7) is 5.21. The number of hydrogen-bond donors (Lipinski definition) is 2. The van der Waals surface area contributed by atoms with E-state index in [0.29, 0.717) is 12.6 Å². The Morgan fingerprint density at radius 1 is 1.38 bits per heavy atom. The van der Waals surface area contributed by atoms with Gasteiger partial charge < -0.3 is 15.4 Å². The predicted molar refractivity (Wildman–Crippen MR) is 105 cm³/mol. The van der Waals surface area contributed by atoms with Crippen molar-refractivity contribution < 1.29 is 4.74 Å². The van der Waals surface area contributed by atoms with Crippen LogP contribution in [0.4, 0.5) is 0 Å². The zero-order valence-electron chi connectivity index (χ0n) is 14.6. The first-order chi connectivity index (χ1) is 11.3. The third-order valence-corrected chi connectivity index (χ3v) is 4.36. The molecular formula is C16H29IN6O. The second-order valence-corrected chi connectivity index (χ2v) is 6.43. The summed E-state index contributed by atoms with van der Waals surface area (Å²) < 4.78 is 7.12. The van der Waals surface area contributed by atoms with Gasteiger partial charge in [-0.2, -0.15) is 5.10 Å². The van der Waals surface area contributed by atoms with E-state index in [2.05, 4.69) is 27.6 Å². The normalized spacial score (nSPS) is 20.2. The topological polar surface area (TPSA) is 76.4 Å². The second kappa shape index (κ2) is 9.55. The molecule has 0 aromatic carbocycles. The van der Waals surface area contributed by atoms with Crippen molar-refractivity contribution in [1.29, 1.82) is 0 Å². The lowest BCUT2D eigenvalue weighted by atomic mass is 10.1.